The number of hydrogen-bond acceptors (Lipinski definition) is 4. The zero-order valence-corrected chi connectivity index (χ0v) is 18.6. The molecule has 0 amide bonds. The van der Waals surface area contributed by atoms with Crippen LogP contribution in [0.5, 0.6) is 0 Å². The van der Waals surface area contributed by atoms with Crippen molar-refractivity contribution >= 4 is 14.3 Å². The van der Waals surface area contributed by atoms with E-state index in [0.29, 0.717) is 6.61 Å². The molecule has 0 aromatic carbocycles. The first-order chi connectivity index (χ1) is 12.0. The van der Waals surface area contributed by atoms with Crippen LogP contribution in [0.2, 0.25) is 18.1 Å². The lowest BCUT2D eigenvalue weighted by molar-refractivity contribution is -0.145. The Balaban J connectivity index is 3.99. The van der Waals surface area contributed by atoms with Gasteiger partial charge in [0.15, 0.2) is 8.32 Å². The molecule has 0 aromatic heterocycles. The summed E-state index contributed by atoms with van der Waals surface area (Å²) in [5, 5.41) is 9.51. The molecule has 2 atom stereocenters. The van der Waals surface area contributed by atoms with Crippen molar-refractivity contribution in [3.8, 4) is 0 Å². The topological polar surface area (TPSA) is 55.8 Å². The van der Waals surface area contributed by atoms with Gasteiger partial charge < -0.3 is 14.3 Å². The first kappa shape index (κ1) is 25.1. The van der Waals surface area contributed by atoms with Crippen molar-refractivity contribution in [2.24, 2.45) is 0 Å². The summed E-state index contributed by atoms with van der Waals surface area (Å²) in [5.74, 6) is -0.369. The Morgan fingerprint density at radius 2 is 1.77 bits per heavy atom. The fourth-order valence-electron chi connectivity index (χ4n) is 2.33. The van der Waals surface area contributed by atoms with Crippen molar-refractivity contribution in [3.05, 3.63) is 25.3 Å². The molecule has 0 saturated carbocycles. The predicted octanol–water partition coefficient (Wildman–Crippen LogP) is 5.38. The first-order valence-corrected chi connectivity index (χ1v) is 12.7. The van der Waals surface area contributed by atoms with E-state index in [0.717, 1.165) is 38.5 Å². The lowest BCUT2D eigenvalue weighted by atomic mass is 10.1. The van der Waals surface area contributed by atoms with Crippen molar-refractivity contribution in [1.82, 2.24) is 0 Å². The van der Waals surface area contributed by atoms with Crippen LogP contribution >= 0.6 is 0 Å². The van der Waals surface area contributed by atoms with Crippen LogP contribution in [-0.2, 0) is 14.0 Å². The van der Waals surface area contributed by atoms with Gasteiger partial charge in [0.05, 0.1) is 19.1 Å². The van der Waals surface area contributed by atoms with Crippen molar-refractivity contribution in [2.75, 3.05) is 6.61 Å². The maximum atomic E-state index is 11.4. The van der Waals surface area contributed by atoms with Crippen molar-refractivity contribution in [3.63, 3.8) is 0 Å². The van der Waals surface area contributed by atoms with Crippen LogP contribution in [-0.4, -0.2) is 38.2 Å². The number of carbonyl (C=O) groups excluding carboxylic acids is 1. The standard InChI is InChI=1S/C21H40O4Si/c1-8-14-19(25-26(6,7)21(3,4)5)15-12-10-11-13-16-24-20(23)17-18(22)9-2/h8-9,18-19,22H,1-2,10-17H2,3-7H3. The number of hydrogen-bond donors (Lipinski definition) is 1. The average Bonchev–Trinajstić information content (AvgIpc) is 2.52. The Morgan fingerprint density at radius 3 is 2.31 bits per heavy atom. The molecule has 0 aromatic rings. The van der Waals surface area contributed by atoms with E-state index in [2.05, 4.69) is 47.0 Å². The van der Waals surface area contributed by atoms with E-state index >= 15 is 0 Å². The van der Waals surface area contributed by atoms with Crippen LogP contribution in [0.3, 0.4) is 0 Å². The molecule has 0 aliphatic carbocycles. The Morgan fingerprint density at radius 1 is 1.15 bits per heavy atom. The number of unbranched alkanes of at least 4 members (excludes halogenated alkanes) is 3. The summed E-state index contributed by atoms with van der Waals surface area (Å²) in [5.41, 5.74) is 0. The Hall–Kier alpha value is -0.913. The summed E-state index contributed by atoms with van der Waals surface area (Å²) < 4.78 is 11.6. The van der Waals surface area contributed by atoms with Crippen molar-refractivity contribution in [1.29, 1.82) is 0 Å². The van der Waals surface area contributed by atoms with E-state index in [4.69, 9.17) is 9.16 Å². The van der Waals surface area contributed by atoms with E-state index in [9.17, 15) is 9.90 Å². The van der Waals surface area contributed by atoms with Crippen LogP contribution < -0.4 is 0 Å². The summed E-state index contributed by atoms with van der Waals surface area (Å²) in [4.78, 5) is 11.4. The molecular weight excluding hydrogens is 344 g/mol. The van der Waals surface area contributed by atoms with Gasteiger partial charge in [-0.1, -0.05) is 52.2 Å². The SMILES string of the molecule is C=CCC(CCCCCCOC(=O)CC(O)C=C)O[Si](C)(C)C(C)(C)C. The molecule has 0 rings (SSSR count). The molecule has 5 heteroatoms. The fourth-order valence-corrected chi connectivity index (χ4v) is 3.73. The Kier molecular flexibility index (Phi) is 12.0. The highest BCUT2D eigenvalue weighted by molar-refractivity contribution is 6.74. The number of carbonyl (C=O) groups is 1. The van der Waals surface area contributed by atoms with Gasteiger partial charge in [-0.3, -0.25) is 4.79 Å². The monoisotopic (exact) mass is 384 g/mol. The van der Waals surface area contributed by atoms with Crippen LogP contribution in [0.15, 0.2) is 25.3 Å². The minimum absolute atomic E-state index is 0.0163. The van der Waals surface area contributed by atoms with E-state index in [-0.39, 0.29) is 23.5 Å². The summed E-state index contributed by atoms with van der Waals surface area (Å²) in [6.07, 6.45) is 8.75. The lowest BCUT2D eigenvalue weighted by Crippen LogP contribution is -2.43. The minimum Gasteiger partial charge on any atom is -0.466 e. The van der Waals surface area contributed by atoms with Gasteiger partial charge in [-0.05, 0) is 37.4 Å². The lowest BCUT2D eigenvalue weighted by Gasteiger charge is -2.39. The van der Waals surface area contributed by atoms with E-state index in [1.165, 1.54) is 6.08 Å². The number of aliphatic hydroxyl groups excluding tert-OH is 1. The molecule has 0 bridgehead atoms. The van der Waals surface area contributed by atoms with Crippen molar-refractivity contribution < 1.29 is 19.1 Å². The van der Waals surface area contributed by atoms with Crippen LogP contribution in [0, 0.1) is 0 Å². The smallest absolute Gasteiger partial charge is 0.308 e. The average molecular weight is 385 g/mol. The highest BCUT2D eigenvalue weighted by atomic mass is 28.4. The Bertz CT molecular complexity index is 426. The van der Waals surface area contributed by atoms with Crippen LogP contribution in [0.4, 0.5) is 0 Å². The second kappa shape index (κ2) is 12.5. The molecule has 0 aliphatic heterocycles. The summed E-state index contributed by atoms with van der Waals surface area (Å²) >= 11 is 0. The van der Waals surface area contributed by atoms with Gasteiger partial charge in [0.1, 0.15) is 0 Å². The third-order valence-corrected chi connectivity index (χ3v) is 9.56. The summed E-state index contributed by atoms with van der Waals surface area (Å²) in [6, 6.07) is 0. The number of esters is 1. The maximum Gasteiger partial charge on any atom is 0.308 e. The highest BCUT2D eigenvalue weighted by Crippen LogP contribution is 2.38. The van der Waals surface area contributed by atoms with Crippen LogP contribution in [0.1, 0.15) is 65.7 Å². The molecule has 0 fully saturated rings. The number of ether oxygens (including phenoxy) is 1. The van der Waals surface area contributed by atoms with Gasteiger partial charge in [-0.15, -0.1) is 13.2 Å². The Labute approximate surface area is 161 Å². The molecule has 0 heterocycles. The maximum absolute atomic E-state index is 11.4. The van der Waals surface area contributed by atoms with E-state index < -0.39 is 14.4 Å². The van der Waals surface area contributed by atoms with Gasteiger partial charge in [-0.25, -0.2) is 0 Å². The molecule has 152 valence electrons. The molecule has 2 unspecified atom stereocenters. The highest BCUT2D eigenvalue weighted by Gasteiger charge is 2.38. The molecule has 0 aliphatic rings. The third kappa shape index (κ3) is 10.9. The molecule has 4 nitrogen and oxygen atoms in total. The molecular formula is C21H40O4Si. The zero-order valence-electron chi connectivity index (χ0n) is 17.6. The third-order valence-electron chi connectivity index (χ3n) is 5.03. The summed E-state index contributed by atoms with van der Waals surface area (Å²) in [7, 11) is -1.75. The normalized spacial score (nSPS) is 14.5. The quantitative estimate of drug-likeness (QED) is 0.189. The number of aliphatic hydroxyl groups is 1. The van der Waals surface area contributed by atoms with E-state index in [1.54, 1.807) is 0 Å². The summed E-state index contributed by atoms with van der Waals surface area (Å²) in [6.45, 7) is 19.1. The van der Waals surface area contributed by atoms with Gasteiger partial charge in [0.25, 0.3) is 0 Å². The molecule has 26 heavy (non-hydrogen) atoms. The van der Waals surface area contributed by atoms with Gasteiger partial charge in [-0.2, -0.15) is 0 Å². The second-order valence-corrected chi connectivity index (χ2v) is 13.2. The van der Waals surface area contributed by atoms with Gasteiger partial charge >= 0.3 is 5.97 Å². The van der Waals surface area contributed by atoms with Crippen molar-refractivity contribution in [2.45, 2.75) is 96.1 Å². The molecule has 0 spiro atoms. The zero-order chi connectivity index (χ0) is 20.2. The molecule has 0 radical (unpaired) electrons. The van der Waals surface area contributed by atoms with Gasteiger partial charge in [0, 0.05) is 6.10 Å². The number of rotatable bonds is 14. The molecule has 1 N–H and O–H groups in total. The largest absolute Gasteiger partial charge is 0.466 e. The molecule has 0 saturated heterocycles. The second-order valence-electron chi connectivity index (χ2n) is 8.46. The van der Waals surface area contributed by atoms with E-state index in [1.807, 2.05) is 6.08 Å². The van der Waals surface area contributed by atoms with Crippen LogP contribution in [0.25, 0.3) is 0 Å². The predicted molar refractivity (Wildman–Crippen MR) is 112 cm³/mol. The first-order valence-electron chi connectivity index (χ1n) is 9.78. The van der Waals surface area contributed by atoms with Gasteiger partial charge in [0.2, 0.25) is 0 Å². The minimum atomic E-state index is -1.75. The fraction of sp³-hybridized carbons (Fsp3) is 0.762.